The standard InChI is InChI=1S/C34H57N5O9.CHF3O3S/c1-32(2,3)46-26(40)20-18-24(30(43)48-34(7,8)9)37-31(44)36-23(29(42)47-33(4,5)6)16-14-15-21-35-27(41)22-17-19-25(39(10,11)12)38-28(22)45-13;2-1(3,4)8(5,6)7/h17,19,23-24H,14-16,18,20-21H2,1-13H3,(H2-,35,36,37,41,44);(H,5,6,7)/t23-,24-;/m0./s1. The molecule has 1 rings (SSSR count). The lowest BCUT2D eigenvalue weighted by molar-refractivity contribution is -0.159. The van der Waals surface area contributed by atoms with Crippen LogP contribution in [-0.2, 0) is 38.7 Å². The van der Waals surface area contributed by atoms with Gasteiger partial charge >= 0.3 is 29.4 Å². The molecule has 0 saturated heterocycles. The lowest BCUT2D eigenvalue weighted by atomic mass is 10.1. The van der Waals surface area contributed by atoms with Crippen molar-refractivity contribution in [2.45, 2.75) is 129 Å². The van der Waals surface area contributed by atoms with E-state index in [2.05, 4.69) is 20.9 Å². The molecule has 1 aromatic heterocycles. The van der Waals surface area contributed by atoms with E-state index in [1.165, 1.54) is 7.11 Å². The van der Waals surface area contributed by atoms with Crippen LogP contribution in [0.4, 0.5) is 23.8 Å². The van der Waals surface area contributed by atoms with Crippen molar-refractivity contribution < 1.29 is 69.1 Å². The Morgan fingerprint density at radius 2 is 1.23 bits per heavy atom. The van der Waals surface area contributed by atoms with Crippen LogP contribution < -0.4 is 25.2 Å². The number of unbranched alkanes of at least 4 members (excludes halogenated alkanes) is 1. The van der Waals surface area contributed by atoms with Crippen LogP contribution in [0.1, 0.15) is 105 Å². The molecule has 322 valence electrons. The second-order valence-electron chi connectivity index (χ2n) is 16.3. The average Bonchev–Trinajstić information content (AvgIpc) is 2.98. The number of urea groups is 1. The molecular weight excluding hydrogens is 771 g/mol. The van der Waals surface area contributed by atoms with Gasteiger partial charge in [-0.1, -0.05) is 0 Å². The molecule has 17 nitrogen and oxygen atoms in total. The third-order valence-electron chi connectivity index (χ3n) is 6.51. The molecule has 0 fully saturated rings. The summed E-state index contributed by atoms with van der Waals surface area (Å²) in [7, 11) is 1.23. The zero-order chi connectivity index (χ0) is 44.1. The van der Waals surface area contributed by atoms with Crippen LogP contribution in [0.15, 0.2) is 12.1 Å². The Morgan fingerprint density at radius 3 is 1.62 bits per heavy atom. The number of rotatable bonds is 15. The normalized spacial score (nSPS) is 13.5. The van der Waals surface area contributed by atoms with Crippen LogP contribution in [0.3, 0.4) is 0 Å². The van der Waals surface area contributed by atoms with Gasteiger partial charge in [0.1, 0.15) is 34.5 Å². The lowest BCUT2D eigenvalue weighted by Crippen LogP contribution is -2.53. The number of carbonyl (C=O) groups excluding carboxylic acids is 5. The van der Waals surface area contributed by atoms with Crippen LogP contribution >= 0.6 is 0 Å². The first kappa shape index (κ1) is 51.8. The van der Waals surface area contributed by atoms with Gasteiger partial charge < -0.3 is 39.5 Å². The molecule has 1 aromatic rings. The molecule has 0 aliphatic rings. The molecule has 0 aliphatic carbocycles. The van der Waals surface area contributed by atoms with Crippen molar-refractivity contribution in [1.82, 2.24) is 25.4 Å². The number of ether oxygens (including phenoxy) is 4. The number of esters is 3. The van der Waals surface area contributed by atoms with Crippen molar-refractivity contribution in [2.24, 2.45) is 0 Å². The molecule has 0 spiro atoms. The number of amides is 3. The highest BCUT2D eigenvalue weighted by Gasteiger charge is 2.37. The molecule has 56 heavy (non-hydrogen) atoms. The maximum absolute atomic E-state index is 13.1. The number of carbonyl (C=O) groups is 5. The summed E-state index contributed by atoms with van der Waals surface area (Å²) in [5.41, 5.74) is -7.72. The Morgan fingerprint density at radius 1 is 0.786 bits per heavy atom. The van der Waals surface area contributed by atoms with Crippen molar-refractivity contribution in [3.63, 3.8) is 0 Å². The second kappa shape index (κ2) is 20.8. The molecular formula is C35H58F3N5O12S. The minimum absolute atomic E-state index is 0.0770. The van der Waals surface area contributed by atoms with E-state index in [9.17, 15) is 37.1 Å². The molecule has 1 heterocycles. The summed E-state index contributed by atoms with van der Waals surface area (Å²) in [4.78, 5) is 68.8. The van der Waals surface area contributed by atoms with E-state index in [-0.39, 0.29) is 37.6 Å². The van der Waals surface area contributed by atoms with Crippen LogP contribution in [0.5, 0.6) is 5.88 Å². The van der Waals surface area contributed by atoms with Gasteiger partial charge in [-0.3, -0.25) is 14.1 Å². The first-order valence-electron chi connectivity index (χ1n) is 17.5. The van der Waals surface area contributed by atoms with Gasteiger partial charge in [0.25, 0.3) is 5.91 Å². The molecule has 3 amide bonds. The molecule has 0 bridgehead atoms. The quantitative estimate of drug-likeness (QED) is 0.0566. The number of nitrogens with zero attached hydrogens (tertiary/aromatic N) is 2. The first-order chi connectivity index (χ1) is 25.1. The fourth-order valence-corrected chi connectivity index (χ4v) is 4.16. The van der Waals surface area contributed by atoms with E-state index in [1.807, 2.05) is 21.1 Å². The summed E-state index contributed by atoms with van der Waals surface area (Å²) >= 11 is 0. The van der Waals surface area contributed by atoms with Crippen LogP contribution in [0, 0.1) is 0 Å². The summed E-state index contributed by atoms with van der Waals surface area (Å²) < 4.78 is 81.0. The van der Waals surface area contributed by atoms with Crippen molar-refractivity contribution in [3.05, 3.63) is 17.7 Å². The van der Waals surface area contributed by atoms with Gasteiger partial charge in [0.2, 0.25) is 11.7 Å². The SMILES string of the molecule is COc1nc([N+](C)(C)C)ccc1C(=O)NCCCC[C@H](NC(=O)N[C@@H](CCC(=O)OC(C)(C)C)C(=O)OC(C)(C)C)C(=O)OC(C)(C)C.O=S(=O)([O-])C(F)(F)F. The number of hydrogen-bond acceptors (Lipinski definition) is 13. The number of aromatic nitrogens is 1. The third kappa shape index (κ3) is 21.7. The number of quaternary nitrogens is 1. The second-order valence-corrected chi connectivity index (χ2v) is 17.7. The Labute approximate surface area is 327 Å². The topological polar surface area (TPSA) is 228 Å². The van der Waals surface area contributed by atoms with Crippen LogP contribution in [0.25, 0.3) is 0 Å². The molecule has 0 aliphatic heterocycles. The van der Waals surface area contributed by atoms with E-state index in [1.54, 1.807) is 74.4 Å². The number of methoxy groups -OCH3 is 1. The fourth-order valence-electron chi connectivity index (χ4n) is 4.16. The molecule has 21 heteroatoms. The van der Waals surface area contributed by atoms with E-state index in [4.69, 9.17) is 31.9 Å². The van der Waals surface area contributed by atoms with Crippen molar-refractivity contribution >= 4 is 45.8 Å². The smallest absolute Gasteiger partial charge is 0.485 e. The highest BCUT2D eigenvalue weighted by molar-refractivity contribution is 7.86. The van der Waals surface area contributed by atoms with Gasteiger partial charge in [-0.05, 0) is 94.1 Å². The highest BCUT2D eigenvalue weighted by Crippen LogP contribution is 2.23. The average molecular weight is 830 g/mol. The van der Waals surface area contributed by atoms with E-state index >= 15 is 0 Å². The van der Waals surface area contributed by atoms with E-state index in [0.29, 0.717) is 22.9 Å². The maximum Gasteiger partial charge on any atom is 0.485 e. The summed E-state index contributed by atoms with van der Waals surface area (Å²) in [6.07, 6.45) is 0.888. The fraction of sp³-hybridized carbons (Fsp3) is 0.714. The molecule has 0 unspecified atom stereocenters. The number of nitrogens with one attached hydrogen (secondary N) is 3. The number of halogens is 3. The monoisotopic (exact) mass is 829 g/mol. The first-order valence-corrected chi connectivity index (χ1v) is 18.9. The predicted molar refractivity (Wildman–Crippen MR) is 198 cm³/mol. The summed E-state index contributed by atoms with van der Waals surface area (Å²) in [6.45, 7) is 15.7. The molecule has 0 saturated carbocycles. The van der Waals surface area contributed by atoms with Crippen LogP contribution in [0.2, 0.25) is 0 Å². The van der Waals surface area contributed by atoms with E-state index in [0.717, 1.165) is 5.82 Å². The summed E-state index contributed by atoms with van der Waals surface area (Å²) in [5.74, 6) is -1.33. The summed E-state index contributed by atoms with van der Waals surface area (Å²) in [5, 5.41) is 8.00. The Balaban J connectivity index is 0.00000338. The number of pyridine rings is 1. The minimum Gasteiger partial charge on any atom is -0.741 e. The largest absolute Gasteiger partial charge is 0.741 e. The maximum atomic E-state index is 13.1. The number of hydrogen-bond donors (Lipinski definition) is 3. The molecule has 2 atom stereocenters. The number of alkyl halides is 3. The Hall–Kier alpha value is -4.24. The van der Waals surface area contributed by atoms with Gasteiger partial charge in [-0.15, -0.1) is 0 Å². The molecule has 3 N–H and O–H groups in total. The van der Waals surface area contributed by atoms with Crippen molar-refractivity contribution in [3.8, 4) is 5.88 Å². The van der Waals surface area contributed by atoms with Crippen molar-refractivity contribution in [1.29, 1.82) is 0 Å². The lowest BCUT2D eigenvalue weighted by Gasteiger charge is -2.27. The van der Waals surface area contributed by atoms with Crippen LogP contribution in [-0.4, -0.2) is 117 Å². The zero-order valence-electron chi connectivity index (χ0n) is 34.4. The molecule has 0 aromatic carbocycles. The predicted octanol–water partition coefficient (Wildman–Crippen LogP) is 4.08. The van der Waals surface area contributed by atoms with Gasteiger partial charge in [0.05, 0.1) is 28.3 Å². The Kier molecular flexibility index (Phi) is 19.2. The van der Waals surface area contributed by atoms with Gasteiger partial charge in [-0.25, -0.2) is 22.8 Å². The highest BCUT2D eigenvalue weighted by atomic mass is 32.2. The Bertz CT molecular complexity index is 1610. The van der Waals surface area contributed by atoms with Gasteiger partial charge in [-0.2, -0.15) is 18.2 Å². The van der Waals surface area contributed by atoms with Gasteiger partial charge in [0, 0.05) is 19.0 Å². The molecule has 0 radical (unpaired) electrons. The summed E-state index contributed by atoms with van der Waals surface area (Å²) in [6, 6.07) is 0.381. The van der Waals surface area contributed by atoms with E-state index < -0.39 is 68.5 Å². The third-order valence-corrected chi connectivity index (χ3v) is 7.08. The minimum atomic E-state index is -6.09. The zero-order valence-corrected chi connectivity index (χ0v) is 35.2. The van der Waals surface area contributed by atoms with Crippen molar-refractivity contribution in [2.75, 3.05) is 34.8 Å². The van der Waals surface area contributed by atoms with Gasteiger partial charge in [0.15, 0.2) is 10.1 Å².